The molecule has 5 aromatic rings. The zero-order valence-electron chi connectivity index (χ0n) is 32.2. The van der Waals surface area contributed by atoms with Crippen molar-refractivity contribution < 1.29 is 28.6 Å². The van der Waals surface area contributed by atoms with Crippen LogP contribution in [0.5, 0.6) is 0 Å². The highest BCUT2D eigenvalue weighted by molar-refractivity contribution is 7.99. The van der Waals surface area contributed by atoms with Gasteiger partial charge in [0.2, 0.25) is 0 Å². The second kappa shape index (κ2) is 22.6. The van der Waals surface area contributed by atoms with Crippen molar-refractivity contribution in [2.24, 2.45) is 0 Å². The largest absolute Gasteiger partial charge is 0.465 e. The van der Waals surface area contributed by atoms with Gasteiger partial charge in [-0.25, -0.2) is 9.59 Å². The van der Waals surface area contributed by atoms with E-state index in [1.165, 1.54) is 18.7 Å². The van der Waals surface area contributed by atoms with Gasteiger partial charge in [-0.15, -0.1) is 23.5 Å². The fourth-order valence-corrected chi connectivity index (χ4v) is 7.05. The molecule has 0 heterocycles. The van der Waals surface area contributed by atoms with E-state index in [-0.39, 0.29) is 11.9 Å². The summed E-state index contributed by atoms with van der Waals surface area (Å²) in [6.45, 7) is 5.92. The van der Waals surface area contributed by atoms with Crippen LogP contribution in [-0.4, -0.2) is 49.7 Å². The van der Waals surface area contributed by atoms with Gasteiger partial charge in [0.25, 0.3) is 0 Å². The summed E-state index contributed by atoms with van der Waals surface area (Å²) in [6.07, 6.45) is 4.04. The molecule has 0 amide bonds. The number of carbonyl (C=O) groups is 3. The number of ether oxygens (including phenoxy) is 3. The van der Waals surface area contributed by atoms with Crippen LogP contribution >= 0.6 is 23.5 Å². The summed E-state index contributed by atoms with van der Waals surface area (Å²) in [4.78, 5) is 37.5. The van der Waals surface area contributed by atoms with Gasteiger partial charge in [0.05, 0.1) is 12.7 Å². The summed E-state index contributed by atoms with van der Waals surface area (Å²) in [5.41, 5.74) is 8.35. The van der Waals surface area contributed by atoms with E-state index in [0.717, 1.165) is 68.0 Å². The highest BCUT2D eigenvalue weighted by Gasteiger charge is 2.14. The van der Waals surface area contributed by atoms with Gasteiger partial charge in [0.15, 0.2) is 0 Å². The summed E-state index contributed by atoms with van der Waals surface area (Å²) in [7, 11) is 1.42. The van der Waals surface area contributed by atoms with Gasteiger partial charge in [-0.05, 0) is 120 Å². The molecule has 0 saturated heterocycles. The Bertz CT molecular complexity index is 2250. The van der Waals surface area contributed by atoms with Gasteiger partial charge in [0.1, 0.15) is 13.2 Å². The summed E-state index contributed by atoms with van der Waals surface area (Å²) in [5.74, 6) is 13.4. The average Bonchev–Trinajstić information content (AvgIpc) is 3.26. The summed E-state index contributed by atoms with van der Waals surface area (Å²) in [6, 6.07) is 38.4. The maximum absolute atomic E-state index is 12.9. The molecular formula is C49H44O6S2. The number of aryl methyl sites for hydroxylation is 2. The third-order valence-electron chi connectivity index (χ3n) is 8.68. The lowest BCUT2D eigenvalue weighted by molar-refractivity contribution is -0.142. The van der Waals surface area contributed by atoms with Gasteiger partial charge in [-0.2, -0.15) is 0 Å². The molecule has 0 aromatic heterocycles. The average molecular weight is 793 g/mol. The highest BCUT2D eigenvalue weighted by atomic mass is 32.2. The number of rotatable bonds is 16. The third kappa shape index (κ3) is 14.0. The van der Waals surface area contributed by atoms with Gasteiger partial charge in [-0.1, -0.05) is 73.6 Å². The molecule has 8 heteroatoms. The van der Waals surface area contributed by atoms with Crippen LogP contribution in [0.15, 0.2) is 138 Å². The van der Waals surface area contributed by atoms with E-state index < -0.39 is 5.97 Å². The van der Waals surface area contributed by atoms with Crippen molar-refractivity contribution in [3.8, 4) is 34.8 Å². The smallest absolute Gasteiger partial charge is 0.338 e. The first-order valence-corrected chi connectivity index (χ1v) is 20.7. The molecule has 6 nitrogen and oxygen atoms in total. The van der Waals surface area contributed by atoms with Crippen LogP contribution in [-0.2, 0) is 36.6 Å². The number of carbonyl (C=O) groups excluding carboxylic acids is 3. The molecule has 0 unspecified atom stereocenters. The van der Waals surface area contributed by atoms with Crippen LogP contribution < -0.4 is 0 Å². The molecule has 5 rings (SSSR count). The van der Waals surface area contributed by atoms with E-state index in [9.17, 15) is 14.4 Å². The molecule has 0 aliphatic carbocycles. The van der Waals surface area contributed by atoms with Crippen molar-refractivity contribution in [3.63, 3.8) is 0 Å². The predicted octanol–water partition coefficient (Wildman–Crippen LogP) is 9.98. The minimum atomic E-state index is -0.408. The first-order chi connectivity index (χ1) is 27.8. The second-order valence-electron chi connectivity index (χ2n) is 12.7. The fraction of sp³-hybridized carbons (Fsp3) is 0.204. The predicted molar refractivity (Wildman–Crippen MR) is 230 cm³/mol. The Kier molecular flexibility index (Phi) is 16.7. The van der Waals surface area contributed by atoms with Crippen molar-refractivity contribution in [3.05, 3.63) is 167 Å². The molecule has 288 valence electrons. The maximum atomic E-state index is 12.9. The molecule has 0 aliphatic heterocycles. The minimum Gasteiger partial charge on any atom is -0.465 e. The fourth-order valence-electron chi connectivity index (χ4n) is 5.59. The molecule has 0 saturated carbocycles. The molecule has 0 spiro atoms. The lowest BCUT2D eigenvalue weighted by atomic mass is 9.95. The first kappa shape index (κ1) is 42.2. The quantitative estimate of drug-likeness (QED) is 0.0244. The van der Waals surface area contributed by atoms with Gasteiger partial charge < -0.3 is 14.2 Å². The van der Waals surface area contributed by atoms with Crippen molar-refractivity contribution in [1.82, 2.24) is 0 Å². The second-order valence-corrected chi connectivity index (χ2v) is 15.0. The molecule has 57 heavy (non-hydrogen) atoms. The summed E-state index contributed by atoms with van der Waals surface area (Å²) in [5, 5.41) is 0. The number of hydrogen-bond donors (Lipinski definition) is 0. The lowest BCUT2D eigenvalue weighted by Gasteiger charge is -2.11. The Morgan fingerprint density at radius 1 is 0.632 bits per heavy atom. The van der Waals surface area contributed by atoms with Crippen molar-refractivity contribution in [1.29, 1.82) is 0 Å². The monoisotopic (exact) mass is 792 g/mol. The summed E-state index contributed by atoms with van der Waals surface area (Å²) < 4.78 is 15.3. The first-order valence-electron chi connectivity index (χ1n) is 18.7. The minimum absolute atomic E-state index is 0.178. The normalized spacial score (nSPS) is 10.3. The van der Waals surface area contributed by atoms with Crippen LogP contribution in [0.1, 0.15) is 63.5 Å². The zero-order chi connectivity index (χ0) is 40.2. The summed E-state index contributed by atoms with van der Waals surface area (Å²) >= 11 is 3.26. The van der Waals surface area contributed by atoms with Gasteiger partial charge in [0, 0.05) is 56.0 Å². The van der Waals surface area contributed by atoms with E-state index in [1.807, 2.05) is 97.1 Å². The van der Waals surface area contributed by atoms with E-state index in [2.05, 4.69) is 48.5 Å². The van der Waals surface area contributed by atoms with E-state index in [1.54, 1.807) is 30.4 Å². The standard InChI is InChI=1S/C49H44O6S2/c1-4-47(50)54-31-33-56-44-27-19-39(20-28-44)15-13-37-11-9-36(10-12-37)7-6-8-42-25-26-43(35-46(42)49(52)53-3)41-23-17-38(18-24-41)14-16-40-21-29-45(30-22-40)57-34-32-55-48(51)5-2/h4,9-12,17-30,35H,1,5-8,31-34H2,2-3H3. The Labute approximate surface area is 344 Å². The van der Waals surface area contributed by atoms with Crippen molar-refractivity contribution in [2.45, 2.75) is 42.4 Å². The molecule has 0 N–H and O–H groups in total. The number of methoxy groups -OCH3 is 1. The van der Waals surface area contributed by atoms with Gasteiger partial charge >= 0.3 is 17.9 Å². The van der Waals surface area contributed by atoms with E-state index in [0.29, 0.717) is 36.7 Å². The molecule has 0 aliphatic rings. The van der Waals surface area contributed by atoms with Crippen LogP contribution in [0.25, 0.3) is 11.1 Å². The molecule has 5 aromatic carbocycles. The Hall–Kier alpha value is -5.93. The molecule has 0 radical (unpaired) electrons. The maximum Gasteiger partial charge on any atom is 0.338 e. The lowest BCUT2D eigenvalue weighted by Crippen LogP contribution is -2.06. The number of thioether (sulfide) groups is 2. The van der Waals surface area contributed by atoms with Crippen molar-refractivity contribution >= 4 is 41.4 Å². The number of esters is 3. The Balaban J connectivity index is 1.11. The molecular weight excluding hydrogens is 749 g/mol. The highest BCUT2D eigenvalue weighted by Crippen LogP contribution is 2.25. The topological polar surface area (TPSA) is 78.9 Å². The van der Waals surface area contributed by atoms with Crippen LogP contribution in [0.2, 0.25) is 0 Å². The Morgan fingerprint density at radius 3 is 1.63 bits per heavy atom. The Morgan fingerprint density at radius 2 is 1.12 bits per heavy atom. The molecule has 0 bridgehead atoms. The van der Waals surface area contributed by atoms with Crippen LogP contribution in [0, 0.1) is 23.7 Å². The van der Waals surface area contributed by atoms with E-state index >= 15 is 0 Å². The molecule has 0 fully saturated rings. The van der Waals surface area contributed by atoms with Crippen LogP contribution in [0.4, 0.5) is 0 Å². The van der Waals surface area contributed by atoms with E-state index in [4.69, 9.17) is 14.2 Å². The number of benzene rings is 5. The third-order valence-corrected chi connectivity index (χ3v) is 10.6. The number of hydrogen-bond acceptors (Lipinski definition) is 8. The zero-order valence-corrected chi connectivity index (χ0v) is 33.8. The van der Waals surface area contributed by atoms with Crippen LogP contribution in [0.3, 0.4) is 0 Å². The molecule has 0 atom stereocenters. The van der Waals surface area contributed by atoms with Gasteiger partial charge in [-0.3, -0.25) is 4.79 Å². The SMILES string of the molecule is C=CC(=O)OCCSc1ccc(C#Cc2ccc(CCCc3ccc(-c4ccc(C#Cc5ccc(SCCOC(=O)CC)cc5)cc4)cc3C(=O)OC)cc2)cc1. The van der Waals surface area contributed by atoms with Crippen molar-refractivity contribution in [2.75, 3.05) is 31.8 Å².